The number of aryl methyl sites for hydroxylation is 1. The number of halogens is 1. The minimum Gasteiger partial charge on any atom is -0.487 e. The molecule has 0 spiro atoms. The molecule has 4 nitrogen and oxygen atoms in total. The molecular formula is C19H21FN2O2. The summed E-state index contributed by atoms with van der Waals surface area (Å²) < 4.78 is 19.2. The van der Waals surface area contributed by atoms with Gasteiger partial charge in [0.2, 0.25) is 0 Å². The standard InChI is InChI=1S/C19H21FN2O2/c1-11-8-12(20)4-6-14(11)18(23)22-16-10-19(2,3)24-17-7-5-13(21)9-15(16)17/h4-9,16H,10,21H2,1-3H3,(H,22,23). The average Bonchev–Trinajstić information content (AvgIpc) is 2.47. The summed E-state index contributed by atoms with van der Waals surface area (Å²) in [4.78, 5) is 12.6. The molecular weight excluding hydrogens is 307 g/mol. The van der Waals surface area contributed by atoms with E-state index in [0.717, 1.165) is 11.3 Å². The van der Waals surface area contributed by atoms with Crippen LogP contribution in [0.15, 0.2) is 36.4 Å². The Kier molecular flexibility index (Phi) is 3.95. The summed E-state index contributed by atoms with van der Waals surface area (Å²) in [5, 5.41) is 3.04. The van der Waals surface area contributed by atoms with Crippen molar-refractivity contribution >= 4 is 11.6 Å². The Balaban J connectivity index is 1.91. The van der Waals surface area contributed by atoms with Crippen molar-refractivity contribution in [1.82, 2.24) is 5.32 Å². The van der Waals surface area contributed by atoms with E-state index in [1.807, 2.05) is 26.0 Å². The fourth-order valence-corrected chi connectivity index (χ4v) is 3.12. The van der Waals surface area contributed by atoms with E-state index in [0.29, 0.717) is 23.2 Å². The Bertz CT molecular complexity index is 802. The molecule has 1 amide bonds. The van der Waals surface area contributed by atoms with Gasteiger partial charge in [-0.15, -0.1) is 0 Å². The lowest BCUT2D eigenvalue weighted by Crippen LogP contribution is -2.41. The third kappa shape index (κ3) is 3.20. The van der Waals surface area contributed by atoms with Crippen LogP contribution in [-0.4, -0.2) is 11.5 Å². The quantitative estimate of drug-likeness (QED) is 0.825. The minimum atomic E-state index is -0.404. The minimum absolute atomic E-state index is 0.218. The number of anilines is 1. The number of nitrogens with two attached hydrogens (primary N) is 1. The number of benzene rings is 2. The van der Waals surface area contributed by atoms with Crippen molar-refractivity contribution in [2.75, 3.05) is 5.73 Å². The molecule has 3 N–H and O–H groups in total. The zero-order valence-corrected chi connectivity index (χ0v) is 14.0. The van der Waals surface area contributed by atoms with Crippen LogP contribution in [-0.2, 0) is 0 Å². The number of rotatable bonds is 2. The molecule has 1 unspecified atom stereocenters. The molecule has 126 valence electrons. The van der Waals surface area contributed by atoms with Gasteiger partial charge in [-0.1, -0.05) is 0 Å². The molecule has 0 radical (unpaired) electrons. The number of carbonyl (C=O) groups excluding carboxylic acids is 1. The van der Waals surface area contributed by atoms with E-state index < -0.39 is 5.60 Å². The molecule has 2 aromatic rings. The molecule has 5 heteroatoms. The Labute approximate surface area is 140 Å². The molecule has 2 aromatic carbocycles. The number of nitrogen functional groups attached to an aromatic ring is 1. The molecule has 0 fully saturated rings. The van der Waals surface area contributed by atoms with E-state index in [1.54, 1.807) is 13.0 Å². The lowest BCUT2D eigenvalue weighted by Gasteiger charge is -2.38. The number of hydrogen-bond acceptors (Lipinski definition) is 3. The van der Waals surface area contributed by atoms with E-state index in [4.69, 9.17) is 10.5 Å². The first-order valence-corrected chi connectivity index (χ1v) is 7.91. The Morgan fingerprint density at radius 2 is 2.04 bits per heavy atom. The lowest BCUT2D eigenvalue weighted by molar-refractivity contribution is 0.0620. The van der Waals surface area contributed by atoms with Crippen molar-refractivity contribution in [2.45, 2.75) is 38.8 Å². The van der Waals surface area contributed by atoms with E-state index >= 15 is 0 Å². The van der Waals surface area contributed by atoms with Crippen molar-refractivity contribution in [1.29, 1.82) is 0 Å². The third-order valence-electron chi connectivity index (χ3n) is 4.23. The maximum absolute atomic E-state index is 13.3. The first-order chi connectivity index (χ1) is 11.2. The lowest BCUT2D eigenvalue weighted by atomic mass is 9.89. The number of fused-ring (bicyclic) bond motifs is 1. The van der Waals surface area contributed by atoms with Crippen molar-refractivity contribution in [3.8, 4) is 5.75 Å². The summed E-state index contributed by atoms with van der Waals surface area (Å²) in [7, 11) is 0. The normalized spacial score (nSPS) is 18.4. The summed E-state index contributed by atoms with van der Waals surface area (Å²) in [6, 6.07) is 9.37. The van der Waals surface area contributed by atoms with Crippen molar-refractivity contribution in [3.05, 3.63) is 58.9 Å². The smallest absolute Gasteiger partial charge is 0.252 e. The van der Waals surface area contributed by atoms with Crippen LogP contribution in [0.2, 0.25) is 0 Å². The molecule has 0 aromatic heterocycles. The predicted molar refractivity (Wildman–Crippen MR) is 91.5 cm³/mol. The van der Waals surface area contributed by atoms with Crippen LogP contribution in [0, 0.1) is 12.7 Å². The number of amides is 1. The molecule has 24 heavy (non-hydrogen) atoms. The van der Waals surface area contributed by atoms with Gasteiger partial charge in [-0.3, -0.25) is 4.79 Å². The molecule has 0 aliphatic carbocycles. The zero-order valence-electron chi connectivity index (χ0n) is 14.0. The van der Waals surface area contributed by atoms with E-state index in [2.05, 4.69) is 5.32 Å². The van der Waals surface area contributed by atoms with Crippen LogP contribution in [0.4, 0.5) is 10.1 Å². The number of ether oxygens (including phenoxy) is 1. The summed E-state index contributed by atoms with van der Waals surface area (Å²) in [5.41, 5.74) is 8.03. The van der Waals surface area contributed by atoms with Crippen molar-refractivity contribution < 1.29 is 13.9 Å². The molecule has 0 saturated carbocycles. The van der Waals surface area contributed by atoms with Crippen LogP contribution in [0.5, 0.6) is 5.75 Å². The second-order valence-electron chi connectivity index (χ2n) is 6.85. The van der Waals surface area contributed by atoms with Crippen LogP contribution in [0.3, 0.4) is 0 Å². The van der Waals surface area contributed by atoms with Gasteiger partial charge in [0.25, 0.3) is 5.91 Å². The Morgan fingerprint density at radius 3 is 2.75 bits per heavy atom. The second kappa shape index (κ2) is 5.82. The molecule has 1 aliphatic heterocycles. The van der Waals surface area contributed by atoms with Crippen LogP contribution in [0.1, 0.15) is 47.8 Å². The molecule has 1 atom stereocenters. The monoisotopic (exact) mass is 328 g/mol. The van der Waals surface area contributed by atoms with Crippen LogP contribution in [0.25, 0.3) is 0 Å². The molecule has 1 aliphatic rings. The van der Waals surface area contributed by atoms with Gasteiger partial charge < -0.3 is 15.8 Å². The predicted octanol–water partition coefficient (Wildman–Crippen LogP) is 3.75. The highest BCUT2D eigenvalue weighted by Crippen LogP contribution is 2.40. The van der Waals surface area contributed by atoms with E-state index in [1.165, 1.54) is 18.2 Å². The van der Waals surface area contributed by atoms with Gasteiger partial charge in [0.1, 0.15) is 17.2 Å². The summed E-state index contributed by atoms with van der Waals surface area (Å²) >= 11 is 0. The van der Waals surface area contributed by atoms with Gasteiger partial charge in [-0.2, -0.15) is 0 Å². The van der Waals surface area contributed by atoms with Gasteiger partial charge in [0, 0.05) is 23.2 Å². The SMILES string of the molecule is Cc1cc(F)ccc1C(=O)NC1CC(C)(C)Oc2ccc(N)cc21. The van der Waals surface area contributed by atoms with E-state index in [-0.39, 0.29) is 17.8 Å². The van der Waals surface area contributed by atoms with Gasteiger partial charge in [-0.25, -0.2) is 4.39 Å². The summed E-state index contributed by atoms with van der Waals surface area (Å²) in [5.74, 6) is 0.138. The second-order valence-corrected chi connectivity index (χ2v) is 6.85. The highest BCUT2D eigenvalue weighted by atomic mass is 19.1. The van der Waals surface area contributed by atoms with Gasteiger partial charge in [0.15, 0.2) is 0 Å². The van der Waals surface area contributed by atoms with Gasteiger partial charge in [-0.05, 0) is 62.7 Å². The fraction of sp³-hybridized carbons (Fsp3) is 0.316. The summed E-state index contributed by atoms with van der Waals surface area (Å²) in [6.45, 7) is 5.68. The van der Waals surface area contributed by atoms with Crippen LogP contribution < -0.4 is 15.8 Å². The number of hydrogen-bond donors (Lipinski definition) is 2. The summed E-state index contributed by atoms with van der Waals surface area (Å²) in [6.07, 6.45) is 0.620. The van der Waals surface area contributed by atoms with Crippen LogP contribution >= 0.6 is 0 Å². The van der Waals surface area contributed by atoms with Gasteiger partial charge >= 0.3 is 0 Å². The molecule has 0 bridgehead atoms. The highest BCUT2D eigenvalue weighted by molar-refractivity contribution is 5.96. The number of carbonyl (C=O) groups is 1. The first-order valence-electron chi connectivity index (χ1n) is 7.91. The molecule has 0 saturated heterocycles. The number of nitrogens with one attached hydrogen (secondary N) is 1. The molecule has 1 heterocycles. The van der Waals surface area contributed by atoms with Gasteiger partial charge in [0.05, 0.1) is 6.04 Å². The maximum Gasteiger partial charge on any atom is 0.252 e. The Morgan fingerprint density at radius 1 is 1.29 bits per heavy atom. The average molecular weight is 328 g/mol. The van der Waals surface area contributed by atoms with E-state index in [9.17, 15) is 9.18 Å². The van der Waals surface area contributed by atoms with Crippen molar-refractivity contribution in [3.63, 3.8) is 0 Å². The topological polar surface area (TPSA) is 64.3 Å². The maximum atomic E-state index is 13.3. The largest absolute Gasteiger partial charge is 0.487 e. The first kappa shape index (κ1) is 16.3. The Hall–Kier alpha value is -2.56. The zero-order chi connectivity index (χ0) is 17.5. The third-order valence-corrected chi connectivity index (χ3v) is 4.23. The fourth-order valence-electron chi connectivity index (χ4n) is 3.12. The molecule has 3 rings (SSSR count). The highest BCUT2D eigenvalue weighted by Gasteiger charge is 2.34. The van der Waals surface area contributed by atoms with Crippen molar-refractivity contribution in [2.24, 2.45) is 0 Å².